The van der Waals surface area contributed by atoms with Gasteiger partial charge in [0, 0.05) is 24.3 Å². The first-order chi connectivity index (χ1) is 14.3. The standard InChI is InChI=1S/2C9H8ClNO4/c2*10-5-6-15-9(12)7-1-3-8(4-2-7)11(13)14/h2*1-4H,5-6H2. The number of halogens is 2. The van der Waals surface area contributed by atoms with Gasteiger partial charge in [-0.3, -0.25) is 20.2 Å². The molecule has 0 saturated heterocycles. The average Bonchev–Trinajstić information content (AvgIpc) is 2.76. The number of nitro benzene ring substituents is 2. The van der Waals surface area contributed by atoms with E-state index in [1.807, 2.05) is 0 Å². The van der Waals surface area contributed by atoms with E-state index in [9.17, 15) is 29.8 Å². The number of hydrogen-bond donors (Lipinski definition) is 0. The molecule has 2 aromatic carbocycles. The van der Waals surface area contributed by atoms with Crippen molar-refractivity contribution in [3.05, 3.63) is 79.9 Å². The summed E-state index contributed by atoms with van der Waals surface area (Å²) in [5, 5.41) is 20.7. The Morgan fingerprint density at radius 2 is 1.00 bits per heavy atom. The highest BCUT2D eigenvalue weighted by atomic mass is 35.5. The molecule has 10 nitrogen and oxygen atoms in total. The molecular weight excluding hydrogens is 443 g/mol. The molecule has 0 N–H and O–H groups in total. The maximum atomic E-state index is 11.2. The zero-order chi connectivity index (χ0) is 22.5. The van der Waals surface area contributed by atoms with E-state index in [0.29, 0.717) is 0 Å². The van der Waals surface area contributed by atoms with Crippen LogP contribution in [-0.2, 0) is 9.47 Å². The van der Waals surface area contributed by atoms with Crippen LogP contribution < -0.4 is 0 Å². The molecule has 0 aromatic heterocycles. The minimum atomic E-state index is -0.537. The van der Waals surface area contributed by atoms with Crippen LogP contribution in [0, 0.1) is 20.2 Å². The van der Waals surface area contributed by atoms with E-state index in [-0.39, 0.29) is 47.5 Å². The highest BCUT2D eigenvalue weighted by Gasteiger charge is 2.10. The van der Waals surface area contributed by atoms with Gasteiger partial charge in [0.05, 0.1) is 32.7 Å². The maximum absolute atomic E-state index is 11.2. The molecule has 0 aliphatic heterocycles. The molecule has 12 heteroatoms. The molecule has 0 bridgehead atoms. The third kappa shape index (κ3) is 8.41. The first kappa shape index (κ1) is 24.8. The van der Waals surface area contributed by atoms with E-state index >= 15 is 0 Å². The quantitative estimate of drug-likeness (QED) is 0.250. The van der Waals surface area contributed by atoms with Crippen LogP contribution in [0.4, 0.5) is 11.4 Å². The Morgan fingerprint density at radius 3 is 1.23 bits per heavy atom. The van der Waals surface area contributed by atoms with Gasteiger partial charge in [0.15, 0.2) is 0 Å². The fraction of sp³-hybridized carbons (Fsp3) is 0.222. The average molecular weight is 459 g/mol. The normalized spacial score (nSPS) is 9.67. The topological polar surface area (TPSA) is 139 Å². The van der Waals surface area contributed by atoms with Gasteiger partial charge < -0.3 is 9.47 Å². The van der Waals surface area contributed by atoms with Crippen molar-refractivity contribution in [1.82, 2.24) is 0 Å². The predicted molar refractivity (Wildman–Crippen MR) is 108 cm³/mol. The van der Waals surface area contributed by atoms with Crippen LogP contribution in [0.15, 0.2) is 48.5 Å². The van der Waals surface area contributed by atoms with Crippen molar-refractivity contribution >= 4 is 46.5 Å². The summed E-state index contributed by atoms with van der Waals surface area (Å²) in [7, 11) is 0. The Hall–Kier alpha value is -3.24. The summed E-state index contributed by atoms with van der Waals surface area (Å²) in [5.74, 6) is -0.631. The third-order valence-electron chi connectivity index (χ3n) is 3.25. The SMILES string of the molecule is O=C(OCCCl)c1ccc([N+](=O)[O-])cc1.O=C(OCCCl)c1ccc([N+](=O)[O-])cc1. The number of carbonyl (C=O) groups excluding carboxylic acids is 2. The van der Waals surface area contributed by atoms with E-state index in [1.165, 1.54) is 48.5 Å². The number of rotatable bonds is 8. The van der Waals surface area contributed by atoms with Gasteiger partial charge in [0.25, 0.3) is 11.4 Å². The summed E-state index contributed by atoms with van der Waals surface area (Å²) in [5.41, 5.74) is 0.407. The van der Waals surface area contributed by atoms with Gasteiger partial charge in [-0.15, -0.1) is 23.2 Å². The molecule has 0 radical (unpaired) electrons. The number of nitro groups is 2. The Balaban J connectivity index is 0.000000300. The highest BCUT2D eigenvalue weighted by molar-refractivity contribution is 6.18. The van der Waals surface area contributed by atoms with Crippen LogP contribution >= 0.6 is 23.2 Å². The second-order valence-corrected chi connectivity index (χ2v) is 6.01. The highest BCUT2D eigenvalue weighted by Crippen LogP contribution is 2.13. The van der Waals surface area contributed by atoms with Gasteiger partial charge in [0.1, 0.15) is 13.2 Å². The molecule has 2 aromatic rings. The van der Waals surface area contributed by atoms with Gasteiger partial charge >= 0.3 is 11.9 Å². The molecule has 0 heterocycles. The van der Waals surface area contributed by atoms with Crippen LogP contribution in [0.5, 0.6) is 0 Å². The van der Waals surface area contributed by atoms with Gasteiger partial charge in [-0.2, -0.15) is 0 Å². The van der Waals surface area contributed by atoms with Crippen molar-refractivity contribution in [3.8, 4) is 0 Å². The number of alkyl halides is 2. The van der Waals surface area contributed by atoms with E-state index in [1.54, 1.807) is 0 Å². The summed E-state index contributed by atoms with van der Waals surface area (Å²) < 4.78 is 9.47. The smallest absolute Gasteiger partial charge is 0.338 e. The Bertz CT molecular complexity index is 799. The van der Waals surface area contributed by atoms with Crippen LogP contribution in [0.1, 0.15) is 20.7 Å². The van der Waals surface area contributed by atoms with Gasteiger partial charge in [0.2, 0.25) is 0 Å². The Kier molecular flexibility index (Phi) is 10.8. The lowest BCUT2D eigenvalue weighted by molar-refractivity contribution is -0.385. The summed E-state index contributed by atoms with van der Waals surface area (Å²) in [6.07, 6.45) is 0. The molecule has 0 aliphatic rings. The third-order valence-corrected chi connectivity index (χ3v) is 3.56. The largest absolute Gasteiger partial charge is 0.461 e. The van der Waals surface area contributed by atoms with Gasteiger partial charge in [-0.1, -0.05) is 0 Å². The van der Waals surface area contributed by atoms with E-state index < -0.39 is 21.8 Å². The van der Waals surface area contributed by atoms with Crippen molar-refractivity contribution in [1.29, 1.82) is 0 Å². The molecule has 0 atom stereocenters. The number of ether oxygens (including phenoxy) is 2. The first-order valence-electron chi connectivity index (χ1n) is 8.25. The number of non-ortho nitro benzene ring substituents is 2. The summed E-state index contributed by atoms with van der Waals surface area (Å²) in [4.78, 5) is 42.1. The molecule has 2 rings (SSSR count). The summed E-state index contributed by atoms with van der Waals surface area (Å²) in [6.45, 7) is 0.245. The molecular formula is C18H16Cl2N2O8. The van der Waals surface area contributed by atoms with Crippen molar-refractivity contribution < 1.29 is 28.9 Å². The number of benzene rings is 2. The van der Waals surface area contributed by atoms with Crippen molar-refractivity contribution in [2.75, 3.05) is 25.0 Å². The molecule has 0 aliphatic carbocycles. The number of nitrogens with zero attached hydrogens (tertiary/aromatic N) is 2. The first-order valence-corrected chi connectivity index (χ1v) is 9.32. The van der Waals surface area contributed by atoms with E-state index in [0.717, 1.165) is 0 Å². The maximum Gasteiger partial charge on any atom is 0.338 e. The monoisotopic (exact) mass is 458 g/mol. The second kappa shape index (κ2) is 13.1. The molecule has 160 valence electrons. The lowest BCUT2D eigenvalue weighted by atomic mass is 10.2. The van der Waals surface area contributed by atoms with Crippen LogP contribution in [0.25, 0.3) is 0 Å². The van der Waals surface area contributed by atoms with Gasteiger partial charge in [-0.25, -0.2) is 9.59 Å². The fourth-order valence-corrected chi connectivity index (χ4v) is 2.02. The molecule has 0 amide bonds. The van der Waals surface area contributed by atoms with Gasteiger partial charge in [-0.05, 0) is 24.3 Å². The van der Waals surface area contributed by atoms with Crippen LogP contribution in [0.3, 0.4) is 0 Å². The Labute approximate surface area is 180 Å². The van der Waals surface area contributed by atoms with Crippen molar-refractivity contribution in [2.24, 2.45) is 0 Å². The second-order valence-electron chi connectivity index (χ2n) is 5.26. The van der Waals surface area contributed by atoms with E-state index in [2.05, 4.69) is 0 Å². The van der Waals surface area contributed by atoms with E-state index in [4.69, 9.17) is 32.7 Å². The summed E-state index contributed by atoms with van der Waals surface area (Å²) in [6, 6.07) is 10.4. The molecule has 0 spiro atoms. The molecule has 0 saturated carbocycles. The van der Waals surface area contributed by atoms with Crippen molar-refractivity contribution in [3.63, 3.8) is 0 Å². The Morgan fingerprint density at radius 1 is 0.700 bits per heavy atom. The fourth-order valence-electron chi connectivity index (χ4n) is 1.87. The van der Waals surface area contributed by atoms with Crippen LogP contribution in [0.2, 0.25) is 0 Å². The number of hydrogen-bond acceptors (Lipinski definition) is 8. The molecule has 30 heavy (non-hydrogen) atoms. The van der Waals surface area contributed by atoms with Crippen LogP contribution in [-0.4, -0.2) is 46.8 Å². The zero-order valence-corrected chi connectivity index (χ0v) is 16.9. The lowest BCUT2D eigenvalue weighted by Gasteiger charge is -2.01. The summed E-state index contributed by atoms with van der Waals surface area (Å²) >= 11 is 10.7. The lowest BCUT2D eigenvalue weighted by Crippen LogP contribution is -2.07. The molecule has 0 fully saturated rings. The van der Waals surface area contributed by atoms with Crippen molar-refractivity contribution in [2.45, 2.75) is 0 Å². The zero-order valence-electron chi connectivity index (χ0n) is 15.4. The minimum Gasteiger partial charge on any atom is -0.461 e. The number of esters is 2. The molecule has 0 unspecified atom stereocenters. The minimum absolute atomic E-state index is 0.0658. The number of carbonyl (C=O) groups is 2. The predicted octanol–water partition coefficient (Wildman–Crippen LogP) is 3.98.